The van der Waals surface area contributed by atoms with Crippen LogP contribution in [0.4, 0.5) is 5.69 Å². The van der Waals surface area contributed by atoms with Crippen molar-refractivity contribution in [3.63, 3.8) is 0 Å². The molecular formula is C20H21ClN4O. The zero-order valence-electron chi connectivity index (χ0n) is 14.3. The fourth-order valence-corrected chi connectivity index (χ4v) is 3.14. The van der Waals surface area contributed by atoms with Crippen LogP contribution >= 0.6 is 12.4 Å². The van der Waals surface area contributed by atoms with Gasteiger partial charge in [0.15, 0.2) is 0 Å². The quantitative estimate of drug-likeness (QED) is 0.743. The molecule has 2 heterocycles. The minimum absolute atomic E-state index is 0. The van der Waals surface area contributed by atoms with Gasteiger partial charge in [-0.2, -0.15) is 5.10 Å². The van der Waals surface area contributed by atoms with Crippen molar-refractivity contribution in [2.45, 2.75) is 19.4 Å². The van der Waals surface area contributed by atoms with Crippen molar-refractivity contribution in [3.05, 3.63) is 77.6 Å². The standard InChI is InChI=1S/C20H20N4O.ClH/c25-20(23-18-5-4-16-8-10-21-14-17(16)13-18)12-15-2-6-19(7-3-15)24-11-1-9-22-24;/h1-7,9,11,13,21H,8,10,12,14H2,(H,23,25);1H. The Bertz CT molecular complexity index is 875. The first kappa shape index (κ1) is 18.2. The molecule has 0 unspecified atom stereocenters. The molecule has 2 N–H and O–H groups in total. The Morgan fingerprint density at radius 3 is 2.77 bits per heavy atom. The highest BCUT2D eigenvalue weighted by Gasteiger charge is 2.10. The van der Waals surface area contributed by atoms with Crippen LogP contribution in [0.1, 0.15) is 16.7 Å². The number of anilines is 1. The molecule has 1 amide bonds. The maximum absolute atomic E-state index is 12.3. The second-order valence-corrected chi connectivity index (χ2v) is 6.25. The summed E-state index contributed by atoms with van der Waals surface area (Å²) < 4.78 is 1.80. The number of hydrogen-bond donors (Lipinski definition) is 2. The number of nitrogens with one attached hydrogen (secondary N) is 2. The topological polar surface area (TPSA) is 59.0 Å². The molecule has 2 aromatic carbocycles. The van der Waals surface area contributed by atoms with E-state index in [4.69, 9.17) is 0 Å². The molecule has 0 saturated carbocycles. The Balaban J connectivity index is 0.00000196. The van der Waals surface area contributed by atoms with E-state index in [1.54, 1.807) is 10.9 Å². The van der Waals surface area contributed by atoms with Gasteiger partial charge in [-0.25, -0.2) is 4.68 Å². The number of halogens is 1. The highest BCUT2D eigenvalue weighted by Crippen LogP contribution is 2.19. The average molecular weight is 369 g/mol. The van der Waals surface area contributed by atoms with E-state index in [0.29, 0.717) is 6.42 Å². The first-order valence-corrected chi connectivity index (χ1v) is 8.49. The summed E-state index contributed by atoms with van der Waals surface area (Å²) in [6, 6.07) is 15.9. The molecule has 1 aliphatic rings. The third kappa shape index (κ3) is 4.12. The van der Waals surface area contributed by atoms with Crippen molar-refractivity contribution in [3.8, 4) is 5.69 Å². The number of aromatic nitrogens is 2. The van der Waals surface area contributed by atoms with Crippen LogP contribution < -0.4 is 10.6 Å². The molecule has 0 bridgehead atoms. The van der Waals surface area contributed by atoms with E-state index in [-0.39, 0.29) is 18.3 Å². The summed E-state index contributed by atoms with van der Waals surface area (Å²) in [7, 11) is 0. The largest absolute Gasteiger partial charge is 0.326 e. The first-order valence-electron chi connectivity index (χ1n) is 8.49. The molecule has 0 aliphatic carbocycles. The Kier molecular flexibility index (Phi) is 5.71. The molecule has 134 valence electrons. The first-order chi connectivity index (χ1) is 12.3. The number of fused-ring (bicyclic) bond motifs is 1. The maximum atomic E-state index is 12.3. The lowest BCUT2D eigenvalue weighted by Gasteiger charge is -2.18. The van der Waals surface area contributed by atoms with Crippen molar-refractivity contribution in [2.75, 3.05) is 11.9 Å². The van der Waals surface area contributed by atoms with E-state index >= 15 is 0 Å². The fraction of sp³-hybridized carbons (Fsp3) is 0.200. The van der Waals surface area contributed by atoms with Gasteiger partial charge >= 0.3 is 0 Å². The van der Waals surface area contributed by atoms with Gasteiger partial charge in [-0.05, 0) is 60.0 Å². The summed E-state index contributed by atoms with van der Waals surface area (Å²) in [5, 5.41) is 10.6. The van der Waals surface area contributed by atoms with Crippen LogP contribution in [0.25, 0.3) is 5.69 Å². The normalized spacial score (nSPS) is 12.8. The lowest BCUT2D eigenvalue weighted by molar-refractivity contribution is -0.115. The molecule has 0 fully saturated rings. The maximum Gasteiger partial charge on any atom is 0.228 e. The van der Waals surface area contributed by atoms with E-state index in [1.165, 1.54) is 11.1 Å². The Labute approximate surface area is 158 Å². The fourth-order valence-electron chi connectivity index (χ4n) is 3.14. The minimum Gasteiger partial charge on any atom is -0.326 e. The molecule has 0 spiro atoms. The van der Waals surface area contributed by atoms with Crippen molar-refractivity contribution in [1.82, 2.24) is 15.1 Å². The molecule has 1 aromatic heterocycles. The van der Waals surface area contributed by atoms with E-state index in [1.807, 2.05) is 42.6 Å². The number of nitrogens with zero attached hydrogens (tertiary/aromatic N) is 2. The third-order valence-corrected chi connectivity index (χ3v) is 4.45. The summed E-state index contributed by atoms with van der Waals surface area (Å²) in [6.07, 6.45) is 5.04. The molecule has 1 aliphatic heterocycles. The second-order valence-electron chi connectivity index (χ2n) is 6.25. The summed E-state index contributed by atoms with van der Waals surface area (Å²) in [6.45, 7) is 1.89. The molecule has 0 saturated heterocycles. The summed E-state index contributed by atoms with van der Waals surface area (Å²) >= 11 is 0. The van der Waals surface area contributed by atoms with Crippen molar-refractivity contribution in [2.24, 2.45) is 0 Å². The molecular weight excluding hydrogens is 348 g/mol. The lowest BCUT2D eigenvalue weighted by Crippen LogP contribution is -2.24. The minimum atomic E-state index is -0.00411. The van der Waals surface area contributed by atoms with Gasteiger partial charge in [0.1, 0.15) is 0 Å². The smallest absolute Gasteiger partial charge is 0.228 e. The van der Waals surface area contributed by atoms with Gasteiger partial charge in [0, 0.05) is 24.6 Å². The SMILES string of the molecule is Cl.O=C(Cc1ccc(-n2cccn2)cc1)Nc1ccc2c(c1)CNCC2. The highest BCUT2D eigenvalue weighted by molar-refractivity contribution is 5.92. The van der Waals surface area contributed by atoms with E-state index in [0.717, 1.165) is 36.4 Å². The molecule has 26 heavy (non-hydrogen) atoms. The average Bonchev–Trinajstić information content (AvgIpc) is 3.17. The molecule has 3 aromatic rings. The molecule has 0 atom stereocenters. The van der Waals surface area contributed by atoms with Crippen LogP contribution in [-0.4, -0.2) is 22.2 Å². The van der Waals surface area contributed by atoms with Gasteiger partial charge in [0.05, 0.1) is 12.1 Å². The number of amides is 1. The van der Waals surface area contributed by atoms with Gasteiger partial charge in [-0.15, -0.1) is 12.4 Å². The van der Waals surface area contributed by atoms with E-state index < -0.39 is 0 Å². The monoisotopic (exact) mass is 368 g/mol. The van der Waals surface area contributed by atoms with Gasteiger partial charge in [-0.1, -0.05) is 18.2 Å². The zero-order chi connectivity index (χ0) is 17.1. The number of hydrogen-bond acceptors (Lipinski definition) is 3. The number of benzene rings is 2. The van der Waals surface area contributed by atoms with E-state index in [9.17, 15) is 4.79 Å². The molecule has 0 radical (unpaired) electrons. The Hall–Kier alpha value is -2.63. The summed E-state index contributed by atoms with van der Waals surface area (Å²) in [5.74, 6) is -0.00411. The Morgan fingerprint density at radius 1 is 1.15 bits per heavy atom. The van der Waals surface area contributed by atoms with Crippen LogP contribution in [0.5, 0.6) is 0 Å². The van der Waals surface area contributed by atoms with E-state index in [2.05, 4.69) is 27.9 Å². The predicted octanol–water partition coefficient (Wildman–Crippen LogP) is 3.12. The van der Waals surface area contributed by atoms with Crippen molar-refractivity contribution >= 4 is 24.0 Å². The van der Waals surface area contributed by atoms with Gasteiger partial charge in [0.25, 0.3) is 0 Å². The van der Waals surface area contributed by atoms with Crippen molar-refractivity contribution in [1.29, 1.82) is 0 Å². The van der Waals surface area contributed by atoms with Crippen molar-refractivity contribution < 1.29 is 4.79 Å². The number of rotatable bonds is 4. The van der Waals surface area contributed by atoms with Gasteiger partial charge in [0.2, 0.25) is 5.91 Å². The summed E-state index contributed by atoms with van der Waals surface area (Å²) in [5.41, 5.74) is 5.46. The molecule has 4 rings (SSSR count). The summed E-state index contributed by atoms with van der Waals surface area (Å²) in [4.78, 5) is 12.3. The predicted molar refractivity (Wildman–Crippen MR) is 105 cm³/mol. The lowest BCUT2D eigenvalue weighted by atomic mass is 10.0. The zero-order valence-corrected chi connectivity index (χ0v) is 15.1. The van der Waals surface area contributed by atoms with Crippen LogP contribution in [0.15, 0.2) is 60.9 Å². The number of carbonyl (C=O) groups excluding carboxylic acids is 1. The third-order valence-electron chi connectivity index (χ3n) is 4.45. The molecule has 5 nitrogen and oxygen atoms in total. The van der Waals surface area contributed by atoms with Crippen LogP contribution in [0, 0.1) is 0 Å². The van der Waals surface area contributed by atoms with Gasteiger partial charge < -0.3 is 10.6 Å². The number of carbonyl (C=O) groups is 1. The second kappa shape index (κ2) is 8.17. The van der Waals surface area contributed by atoms with Gasteiger partial charge in [-0.3, -0.25) is 4.79 Å². The Morgan fingerprint density at radius 2 is 2.00 bits per heavy atom. The van der Waals surface area contributed by atoms with Crippen LogP contribution in [0.3, 0.4) is 0 Å². The highest BCUT2D eigenvalue weighted by atomic mass is 35.5. The molecule has 6 heteroatoms. The van der Waals surface area contributed by atoms with Crippen LogP contribution in [0.2, 0.25) is 0 Å². The van der Waals surface area contributed by atoms with Crippen LogP contribution in [-0.2, 0) is 24.2 Å².